The van der Waals surface area contributed by atoms with E-state index in [1.807, 2.05) is 4.90 Å². The number of hydrogen-bond donors (Lipinski definition) is 1. The molecular formula is C24H27N5O3S. The summed E-state index contributed by atoms with van der Waals surface area (Å²) in [4.78, 5) is 23.0. The van der Waals surface area contributed by atoms with Crippen LogP contribution in [-0.2, 0) is 4.79 Å². The molecule has 0 spiro atoms. The molecule has 33 heavy (non-hydrogen) atoms. The number of thiophene rings is 1. The number of rotatable bonds is 7. The van der Waals surface area contributed by atoms with Gasteiger partial charge in [-0.25, -0.2) is 0 Å². The van der Waals surface area contributed by atoms with Crippen molar-refractivity contribution in [3.05, 3.63) is 46.5 Å². The molecule has 0 aliphatic carbocycles. The fraction of sp³-hybridized carbons (Fsp3) is 0.458. The van der Waals surface area contributed by atoms with Gasteiger partial charge in [-0.1, -0.05) is 6.07 Å². The summed E-state index contributed by atoms with van der Waals surface area (Å²) in [6.45, 7) is 4.11. The van der Waals surface area contributed by atoms with Crippen molar-refractivity contribution in [2.75, 3.05) is 37.6 Å². The highest BCUT2D eigenvalue weighted by atomic mass is 32.1. The van der Waals surface area contributed by atoms with Crippen LogP contribution in [0.3, 0.4) is 0 Å². The number of aromatic nitrogens is 1. The summed E-state index contributed by atoms with van der Waals surface area (Å²) in [5.41, 5.74) is 0.244. The van der Waals surface area contributed by atoms with Crippen LogP contribution >= 0.6 is 11.3 Å². The summed E-state index contributed by atoms with van der Waals surface area (Å²) in [5.74, 6) is 1.32. The van der Waals surface area contributed by atoms with E-state index in [-0.39, 0.29) is 23.6 Å². The summed E-state index contributed by atoms with van der Waals surface area (Å²) in [5, 5.41) is 14.8. The molecule has 8 nitrogen and oxygen atoms in total. The van der Waals surface area contributed by atoms with Gasteiger partial charge >= 0.3 is 0 Å². The molecule has 172 valence electrons. The van der Waals surface area contributed by atoms with E-state index >= 15 is 0 Å². The van der Waals surface area contributed by atoms with E-state index < -0.39 is 0 Å². The van der Waals surface area contributed by atoms with E-state index in [1.54, 1.807) is 29.7 Å². The molecule has 0 aromatic carbocycles. The first-order valence-electron chi connectivity index (χ1n) is 11.5. The number of nitrogens with one attached hydrogen (secondary N) is 1. The molecule has 0 saturated carbocycles. The molecule has 2 aliphatic rings. The molecule has 2 fully saturated rings. The molecule has 1 amide bonds. The second-order valence-electron chi connectivity index (χ2n) is 8.54. The second-order valence-corrected chi connectivity index (χ2v) is 9.52. The third kappa shape index (κ3) is 4.68. The Bertz CT molecular complexity index is 1090. The Morgan fingerprint density at radius 2 is 2.06 bits per heavy atom. The number of furan rings is 1. The number of likely N-dealkylation sites (tertiary alicyclic amines) is 1. The van der Waals surface area contributed by atoms with E-state index in [4.69, 9.17) is 8.83 Å². The molecule has 5 rings (SSSR count). The standard InChI is InChI=1S/C24H27N5O3S/c25-15-18-24(32-23(27-18)20-5-3-13-31-20)29-11-7-17(8-12-29)22(30)26-16-19(21-6-4-14-33-21)28-9-1-2-10-28/h3-6,13-14,17,19H,1-2,7-12,16H2,(H,26,30). The lowest BCUT2D eigenvalue weighted by Crippen LogP contribution is -2.43. The van der Waals surface area contributed by atoms with Crippen LogP contribution in [0.4, 0.5) is 5.88 Å². The molecule has 1 atom stereocenters. The number of amides is 1. The topological polar surface area (TPSA) is 98.5 Å². The van der Waals surface area contributed by atoms with Crippen LogP contribution in [0.1, 0.15) is 42.3 Å². The third-order valence-electron chi connectivity index (χ3n) is 6.52. The van der Waals surface area contributed by atoms with Crippen LogP contribution in [0, 0.1) is 17.2 Å². The van der Waals surface area contributed by atoms with Crippen molar-refractivity contribution in [1.29, 1.82) is 5.26 Å². The Morgan fingerprint density at radius 3 is 2.73 bits per heavy atom. The van der Waals surface area contributed by atoms with Gasteiger partial charge in [-0.2, -0.15) is 10.2 Å². The van der Waals surface area contributed by atoms with Crippen LogP contribution < -0.4 is 10.2 Å². The van der Waals surface area contributed by atoms with Crippen LogP contribution in [0.25, 0.3) is 11.7 Å². The monoisotopic (exact) mass is 465 g/mol. The summed E-state index contributed by atoms with van der Waals surface area (Å²) < 4.78 is 11.2. The Hall–Kier alpha value is -3.09. The van der Waals surface area contributed by atoms with Gasteiger partial charge in [-0.3, -0.25) is 9.69 Å². The number of nitriles is 1. The number of oxazole rings is 1. The molecule has 3 aromatic rings. The normalized spacial score (nSPS) is 18.3. The van der Waals surface area contributed by atoms with Crippen molar-refractivity contribution in [1.82, 2.24) is 15.2 Å². The highest BCUT2D eigenvalue weighted by molar-refractivity contribution is 7.10. The maximum atomic E-state index is 13.0. The maximum absolute atomic E-state index is 13.0. The summed E-state index contributed by atoms with van der Waals surface area (Å²) >= 11 is 1.76. The predicted molar refractivity (Wildman–Crippen MR) is 125 cm³/mol. The molecule has 9 heteroatoms. The Labute approximate surface area is 196 Å². The third-order valence-corrected chi connectivity index (χ3v) is 7.50. The van der Waals surface area contributed by atoms with Crippen LogP contribution in [0.15, 0.2) is 44.7 Å². The van der Waals surface area contributed by atoms with E-state index in [0.29, 0.717) is 50.0 Å². The van der Waals surface area contributed by atoms with Crippen molar-refractivity contribution in [2.45, 2.75) is 31.7 Å². The van der Waals surface area contributed by atoms with Gasteiger partial charge < -0.3 is 19.1 Å². The Balaban J connectivity index is 1.18. The quantitative estimate of drug-likeness (QED) is 0.562. The highest BCUT2D eigenvalue weighted by Gasteiger charge is 2.31. The number of carbonyl (C=O) groups excluding carboxylic acids is 1. The SMILES string of the molecule is N#Cc1nc(-c2ccco2)oc1N1CCC(C(=O)NCC(c2cccs2)N2CCCC2)CC1. The molecule has 1 unspecified atom stereocenters. The first-order chi connectivity index (χ1) is 16.2. The van der Waals surface area contributed by atoms with Gasteiger partial charge in [0.15, 0.2) is 5.76 Å². The Morgan fingerprint density at radius 1 is 1.24 bits per heavy atom. The van der Waals surface area contributed by atoms with E-state index in [0.717, 1.165) is 13.1 Å². The number of nitrogens with zero attached hydrogens (tertiary/aromatic N) is 4. The largest absolute Gasteiger partial charge is 0.459 e. The fourth-order valence-electron chi connectivity index (χ4n) is 4.74. The van der Waals surface area contributed by atoms with Gasteiger partial charge in [0.2, 0.25) is 17.5 Å². The van der Waals surface area contributed by atoms with E-state index in [1.165, 1.54) is 17.7 Å². The molecule has 3 aromatic heterocycles. The van der Waals surface area contributed by atoms with Crippen LogP contribution in [0.5, 0.6) is 0 Å². The number of carbonyl (C=O) groups is 1. The van der Waals surface area contributed by atoms with Gasteiger partial charge in [0.05, 0.1) is 12.3 Å². The van der Waals surface area contributed by atoms with Gasteiger partial charge in [-0.05, 0) is 62.4 Å². The van der Waals surface area contributed by atoms with Crippen molar-refractivity contribution in [3.63, 3.8) is 0 Å². The zero-order valence-electron chi connectivity index (χ0n) is 18.4. The average Bonchev–Trinajstić information content (AvgIpc) is 3.65. The molecule has 2 saturated heterocycles. The lowest BCUT2D eigenvalue weighted by atomic mass is 9.95. The Kier molecular flexibility index (Phi) is 6.46. The molecule has 5 heterocycles. The second kappa shape index (κ2) is 9.81. The minimum atomic E-state index is -0.0400. The molecule has 1 N–H and O–H groups in total. The number of hydrogen-bond acceptors (Lipinski definition) is 8. The van der Waals surface area contributed by atoms with Crippen molar-refractivity contribution in [3.8, 4) is 17.7 Å². The van der Waals surface area contributed by atoms with Gasteiger partial charge in [-0.15, -0.1) is 11.3 Å². The van der Waals surface area contributed by atoms with Crippen molar-refractivity contribution >= 4 is 23.1 Å². The number of piperidine rings is 1. The average molecular weight is 466 g/mol. The van der Waals surface area contributed by atoms with E-state index in [9.17, 15) is 10.1 Å². The molecular weight excluding hydrogens is 438 g/mol. The molecule has 2 aliphatic heterocycles. The lowest BCUT2D eigenvalue weighted by molar-refractivity contribution is -0.125. The van der Waals surface area contributed by atoms with Crippen LogP contribution in [0.2, 0.25) is 0 Å². The summed E-state index contributed by atoms with van der Waals surface area (Å²) in [6.07, 6.45) is 5.41. The minimum absolute atomic E-state index is 0.0400. The van der Waals surface area contributed by atoms with Gasteiger partial charge in [0.1, 0.15) is 6.07 Å². The highest BCUT2D eigenvalue weighted by Crippen LogP contribution is 2.32. The molecule has 0 radical (unpaired) electrons. The zero-order chi connectivity index (χ0) is 22.6. The smallest absolute Gasteiger partial charge is 0.266 e. The van der Waals surface area contributed by atoms with Crippen molar-refractivity contribution in [2.24, 2.45) is 5.92 Å². The van der Waals surface area contributed by atoms with E-state index in [2.05, 4.69) is 38.8 Å². The minimum Gasteiger partial charge on any atom is -0.459 e. The predicted octanol–water partition coefficient (Wildman–Crippen LogP) is 4.04. The van der Waals surface area contributed by atoms with Crippen LogP contribution in [-0.4, -0.2) is 48.5 Å². The maximum Gasteiger partial charge on any atom is 0.266 e. The first kappa shape index (κ1) is 21.7. The molecule has 0 bridgehead atoms. The first-order valence-corrected chi connectivity index (χ1v) is 12.4. The number of anilines is 1. The summed E-state index contributed by atoms with van der Waals surface area (Å²) in [7, 11) is 0. The summed E-state index contributed by atoms with van der Waals surface area (Å²) in [6, 6.07) is 10.1. The van der Waals surface area contributed by atoms with Gasteiger partial charge in [0.25, 0.3) is 5.89 Å². The van der Waals surface area contributed by atoms with Crippen molar-refractivity contribution < 1.29 is 13.6 Å². The van der Waals surface area contributed by atoms with Gasteiger partial charge in [0, 0.05) is 30.4 Å². The fourth-order valence-corrected chi connectivity index (χ4v) is 5.60. The lowest BCUT2D eigenvalue weighted by Gasteiger charge is -2.32. The zero-order valence-corrected chi connectivity index (χ0v) is 19.2.